The van der Waals surface area contributed by atoms with Gasteiger partial charge in [-0.25, -0.2) is 13.1 Å². The van der Waals surface area contributed by atoms with Crippen LogP contribution in [0.5, 0.6) is 0 Å². The third-order valence-electron chi connectivity index (χ3n) is 7.13. The first kappa shape index (κ1) is 23.0. The van der Waals surface area contributed by atoms with E-state index < -0.39 is 16.1 Å². The summed E-state index contributed by atoms with van der Waals surface area (Å²) in [6, 6.07) is 16.6. The van der Waals surface area contributed by atoms with Crippen LogP contribution in [0, 0.1) is 5.92 Å². The second-order valence-electron chi connectivity index (χ2n) is 9.18. The molecule has 0 spiro atoms. The number of amides is 1. The van der Waals surface area contributed by atoms with E-state index in [0.717, 1.165) is 36.8 Å². The first-order valence-corrected chi connectivity index (χ1v) is 13.0. The van der Waals surface area contributed by atoms with E-state index in [9.17, 15) is 13.2 Å². The number of carbonyl (C=O) groups is 1. The number of hydrogen-bond donors (Lipinski definition) is 2. The summed E-state index contributed by atoms with van der Waals surface area (Å²) >= 11 is 0. The van der Waals surface area contributed by atoms with E-state index in [0.29, 0.717) is 18.9 Å². The Bertz CT molecular complexity index is 1010. The molecule has 2 fully saturated rings. The molecule has 32 heavy (non-hydrogen) atoms. The summed E-state index contributed by atoms with van der Waals surface area (Å²) in [6.45, 7) is 0. The molecule has 172 valence electrons. The number of nitrogens with zero attached hydrogens (tertiary/aromatic N) is 1. The lowest BCUT2D eigenvalue weighted by molar-refractivity contribution is -0.136. The largest absolute Gasteiger partial charge is 0.341 e. The Labute approximate surface area is 191 Å². The Balaban J connectivity index is 1.31. The van der Waals surface area contributed by atoms with Crippen LogP contribution in [0.2, 0.25) is 0 Å². The average molecular weight is 456 g/mol. The van der Waals surface area contributed by atoms with E-state index in [1.165, 1.54) is 6.42 Å². The van der Waals surface area contributed by atoms with Gasteiger partial charge in [-0.05, 0) is 74.1 Å². The predicted molar refractivity (Wildman–Crippen MR) is 126 cm³/mol. The van der Waals surface area contributed by atoms with Crippen LogP contribution in [0.4, 0.5) is 0 Å². The van der Waals surface area contributed by atoms with Gasteiger partial charge >= 0.3 is 0 Å². The molecule has 0 saturated heterocycles. The van der Waals surface area contributed by atoms with Gasteiger partial charge < -0.3 is 10.6 Å². The Morgan fingerprint density at radius 3 is 2.09 bits per heavy atom. The van der Waals surface area contributed by atoms with Crippen molar-refractivity contribution in [3.8, 4) is 11.1 Å². The van der Waals surface area contributed by atoms with Gasteiger partial charge in [0.1, 0.15) is 0 Å². The van der Waals surface area contributed by atoms with Gasteiger partial charge in [0.25, 0.3) is 0 Å². The minimum Gasteiger partial charge on any atom is -0.341 e. The maximum Gasteiger partial charge on any atom is 0.240 e. The van der Waals surface area contributed by atoms with Crippen LogP contribution >= 0.6 is 0 Å². The van der Waals surface area contributed by atoms with E-state index >= 15 is 0 Å². The lowest BCUT2D eigenvalue weighted by Crippen LogP contribution is -2.52. The molecular weight excluding hydrogens is 422 g/mol. The Hall–Kier alpha value is -2.22. The SMILES string of the molecule is CN(C(=O)C(N)C1CCC(NS(=O)(=O)c2ccc(-c3ccccc3)cc2)CC1)C1CCC1. The van der Waals surface area contributed by atoms with Crippen LogP contribution in [0.15, 0.2) is 59.5 Å². The number of sulfonamides is 1. The van der Waals surface area contributed by atoms with Gasteiger partial charge in [0.15, 0.2) is 0 Å². The van der Waals surface area contributed by atoms with Crippen LogP contribution in [0.1, 0.15) is 44.9 Å². The number of nitrogens with two attached hydrogens (primary N) is 1. The van der Waals surface area contributed by atoms with Crippen LogP contribution in [0.3, 0.4) is 0 Å². The van der Waals surface area contributed by atoms with E-state index in [1.54, 1.807) is 12.1 Å². The van der Waals surface area contributed by atoms with Gasteiger partial charge in [-0.15, -0.1) is 0 Å². The van der Waals surface area contributed by atoms with Crippen molar-refractivity contribution in [3.05, 3.63) is 54.6 Å². The first-order chi connectivity index (χ1) is 15.3. The summed E-state index contributed by atoms with van der Waals surface area (Å²) in [5.41, 5.74) is 8.34. The Morgan fingerprint density at radius 1 is 0.938 bits per heavy atom. The number of benzene rings is 2. The fourth-order valence-corrected chi connectivity index (χ4v) is 6.04. The highest BCUT2D eigenvalue weighted by molar-refractivity contribution is 7.89. The summed E-state index contributed by atoms with van der Waals surface area (Å²) in [6.07, 6.45) is 6.21. The first-order valence-electron chi connectivity index (χ1n) is 11.6. The van der Waals surface area contributed by atoms with Crippen molar-refractivity contribution in [1.29, 1.82) is 0 Å². The molecular formula is C25H33N3O3S. The lowest BCUT2D eigenvalue weighted by atomic mass is 9.81. The number of carbonyl (C=O) groups excluding carboxylic acids is 1. The molecule has 0 aromatic heterocycles. The van der Waals surface area contributed by atoms with Crippen molar-refractivity contribution in [2.75, 3.05) is 7.05 Å². The van der Waals surface area contributed by atoms with Gasteiger partial charge in [0.2, 0.25) is 15.9 Å². The molecule has 7 heteroatoms. The average Bonchev–Trinajstić information content (AvgIpc) is 2.78. The van der Waals surface area contributed by atoms with E-state index in [4.69, 9.17) is 5.73 Å². The number of hydrogen-bond acceptors (Lipinski definition) is 4. The van der Waals surface area contributed by atoms with Crippen LogP contribution in [-0.2, 0) is 14.8 Å². The summed E-state index contributed by atoms with van der Waals surface area (Å²) in [5, 5.41) is 0. The molecule has 1 amide bonds. The highest BCUT2D eigenvalue weighted by Gasteiger charge is 2.35. The monoisotopic (exact) mass is 455 g/mol. The second-order valence-corrected chi connectivity index (χ2v) is 10.9. The van der Waals surface area contributed by atoms with Crippen LogP contribution < -0.4 is 10.5 Å². The minimum absolute atomic E-state index is 0.0252. The van der Waals surface area contributed by atoms with Crippen LogP contribution in [-0.4, -0.2) is 44.4 Å². The lowest BCUT2D eigenvalue weighted by Gasteiger charge is -2.38. The number of likely N-dealkylation sites (N-methyl/N-ethyl adjacent to an activating group) is 1. The molecule has 0 aliphatic heterocycles. The summed E-state index contributed by atoms with van der Waals surface area (Å²) < 4.78 is 28.6. The molecule has 2 aliphatic rings. The molecule has 6 nitrogen and oxygen atoms in total. The van der Waals surface area contributed by atoms with Crippen molar-refractivity contribution in [2.45, 2.75) is 68.0 Å². The highest BCUT2D eigenvalue weighted by atomic mass is 32.2. The van der Waals surface area contributed by atoms with Crippen molar-refractivity contribution in [2.24, 2.45) is 11.7 Å². The molecule has 4 rings (SSSR count). The zero-order chi connectivity index (χ0) is 22.7. The van der Waals surface area contributed by atoms with Crippen LogP contribution in [0.25, 0.3) is 11.1 Å². The standard InChI is InChI=1S/C25H33N3O3S/c1-28(22-8-5-9-22)25(29)24(26)20-10-14-21(15-11-20)27-32(30,31)23-16-12-19(13-17-23)18-6-3-2-4-7-18/h2-4,6-7,12-13,16-17,20-22,24,27H,5,8-11,14-15,26H2,1H3. The maximum absolute atomic E-state index is 12.9. The fraction of sp³-hybridized carbons (Fsp3) is 0.480. The van der Waals surface area contributed by atoms with E-state index in [1.807, 2.05) is 54.4 Å². The minimum atomic E-state index is -3.59. The van der Waals surface area contributed by atoms with Gasteiger partial charge in [-0.2, -0.15) is 0 Å². The molecule has 1 atom stereocenters. The maximum atomic E-state index is 12.9. The third kappa shape index (κ3) is 5.05. The topological polar surface area (TPSA) is 92.5 Å². The zero-order valence-corrected chi connectivity index (χ0v) is 19.4. The molecule has 2 aromatic carbocycles. The molecule has 3 N–H and O–H groups in total. The fourth-order valence-electron chi connectivity index (χ4n) is 4.73. The highest BCUT2D eigenvalue weighted by Crippen LogP contribution is 2.30. The molecule has 2 aliphatic carbocycles. The van der Waals surface area contributed by atoms with E-state index in [-0.39, 0.29) is 22.8 Å². The Kier molecular flexibility index (Phi) is 6.98. The zero-order valence-electron chi connectivity index (χ0n) is 18.6. The summed E-state index contributed by atoms with van der Waals surface area (Å²) in [5.74, 6) is 0.133. The molecule has 0 heterocycles. The normalized spacial score (nSPS) is 22.7. The summed E-state index contributed by atoms with van der Waals surface area (Å²) in [4.78, 5) is 14.8. The summed E-state index contributed by atoms with van der Waals surface area (Å²) in [7, 11) is -1.73. The second kappa shape index (κ2) is 9.73. The molecule has 2 aromatic rings. The molecule has 2 saturated carbocycles. The van der Waals surface area contributed by atoms with Gasteiger partial charge in [0.05, 0.1) is 10.9 Å². The third-order valence-corrected chi connectivity index (χ3v) is 8.66. The van der Waals surface area contributed by atoms with Gasteiger partial charge in [-0.1, -0.05) is 42.5 Å². The van der Waals surface area contributed by atoms with Crippen molar-refractivity contribution >= 4 is 15.9 Å². The number of rotatable bonds is 7. The predicted octanol–water partition coefficient (Wildman–Crippen LogP) is 3.53. The molecule has 0 radical (unpaired) electrons. The Morgan fingerprint density at radius 2 is 1.53 bits per heavy atom. The molecule has 0 bridgehead atoms. The van der Waals surface area contributed by atoms with Crippen molar-refractivity contribution < 1.29 is 13.2 Å². The number of nitrogens with one attached hydrogen (secondary N) is 1. The smallest absolute Gasteiger partial charge is 0.240 e. The quantitative estimate of drug-likeness (QED) is 0.668. The van der Waals surface area contributed by atoms with Crippen molar-refractivity contribution in [1.82, 2.24) is 9.62 Å². The molecule has 1 unspecified atom stereocenters. The van der Waals surface area contributed by atoms with E-state index in [2.05, 4.69) is 4.72 Å². The van der Waals surface area contributed by atoms with Gasteiger partial charge in [0, 0.05) is 19.1 Å². The van der Waals surface area contributed by atoms with Gasteiger partial charge in [-0.3, -0.25) is 4.79 Å². The van der Waals surface area contributed by atoms with Crippen molar-refractivity contribution in [3.63, 3.8) is 0 Å².